The summed E-state index contributed by atoms with van der Waals surface area (Å²) in [6, 6.07) is 20.1. The van der Waals surface area contributed by atoms with Gasteiger partial charge in [0, 0.05) is 17.2 Å². The Balaban J connectivity index is 1.96. The van der Waals surface area contributed by atoms with Gasteiger partial charge in [0.15, 0.2) is 0 Å². The molecule has 0 radical (unpaired) electrons. The second kappa shape index (κ2) is 9.09. The molecule has 28 heavy (non-hydrogen) atoms. The van der Waals surface area contributed by atoms with Gasteiger partial charge in [0.2, 0.25) is 0 Å². The van der Waals surface area contributed by atoms with E-state index in [0.717, 1.165) is 45.3 Å². The van der Waals surface area contributed by atoms with E-state index in [0.29, 0.717) is 0 Å². The molecule has 0 aliphatic carbocycles. The van der Waals surface area contributed by atoms with Crippen LogP contribution in [0.3, 0.4) is 0 Å². The molecular formula is C26H26O2. The summed E-state index contributed by atoms with van der Waals surface area (Å²) < 4.78 is 12.5. The molecule has 0 bridgehead atoms. The third-order valence-corrected chi connectivity index (χ3v) is 4.44. The van der Waals surface area contributed by atoms with Crippen LogP contribution in [0.2, 0.25) is 0 Å². The maximum absolute atomic E-state index is 6.26. The Labute approximate surface area is 167 Å². The monoisotopic (exact) mass is 370 g/mol. The van der Waals surface area contributed by atoms with Crippen LogP contribution >= 0.6 is 0 Å². The molecule has 0 atom stereocenters. The Morgan fingerprint density at radius 3 is 1.43 bits per heavy atom. The molecule has 0 saturated carbocycles. The van der Waals surface area contributed by atoms with Crippen molar-refractivity contribution in [1.29, 1.82) is 0 Å². The van der Waals surface area contributed by atoms with Gasteiger partial charge in [0.05, 0.1) is 0 Å². The van der Waals surface area contributed by atoms with Gasteiger partial charge < -0.3 is 9.47 Å². The van der Waals surface area contributed by atoms with E-state index in [1.165, 1.54) is 0 Å². The molecule has 0 amide bonds. The zero-order chi connectivity index (χ0) is 19.9. The Bertz CT molecular complexity index is 934. The predicted molar refractivity (Wildman–Crippen MR) is 118 cm³/mol. The van der Waals surface area contributed by atoms with Crippen molar-refractivity contribution in [3.05, 3.63) is 95.1 Å². The summed E-state index contributed by atoms with van der Waals surface area (Å²) in [6.45, 7) is 8.11. The average molecular weight is 370 g/mol. The van der Waals surface area contributed by atoms with Gasteiger partial charge >= 0.3 is 0 Å². The lowest BCUT2D eigenvalue weighted by Crippen LogP contribution is -1.95. The van der Waals surface area contributed by atoms with Gasteiger partial charge in [-0.05, 0) is 57.0 Å². The van der Waals surface area contributed by atoms with Gasteiger partial charge in [-0.2, -0.15) is 0 Å². The summed E-state index contributed by atoms with van der Waals surface area (Å²) in [5, 5.41) is 0. The highest BCUT2D eigenvalue weighted by Crippen LogP contribution is 2.36. The summed E-state index contributed by atoms with van der Waals surface area (Å²) in [7, 11) is 0. The minimum absolute atomic E-state index is 0.793. The molecule has 2 nitrogen and oxygen atoms in total. The Morgan fingerprint density at radius 2 is 1.00 bits per heavy atom. The van der Waals surface area contributed by atoms with Gasteiger partial charge in [-0.1, -0.05) is 60.7 Å². The first-order valence-electron chi connectivity index (χ1n) is 9.52. The van der Waals surface area contributed by atoms with Crippen molar-refractivity contribution in [2.24, 2.45) is 0 Å². The highest BCUT2D eigenvalue weighted by atomic mass is 16.5. The molecule has 0 heterocycles. The Morgan fingerprint density at radius 1 is 0.571 bits per heavy atom. The topological polar surface area (TPSA) is 18.5 Å². The van der Waals surface area contributed by atoms with E-state index in [9.17, 15) is 0 Å². The molecule has 3 aromatic rings. The normalized spacial score (nSPS) is 11.3. The summed E-state index contributed by atoms with van der Waals surface area (Å²) >= 11 is 0. The van der Waals surface area contributed by atoms with Crippen molar-refractivity contribution in [1.82, 2.24) is 0 Å². The van der Waals surface area contributed by atoms with Gasteiger partial charge in [-0.3, -0.25) is 0 Å². The molecule has 3 rings (SSSR count). The first-order chi connectivity index (χ1) is 13.6. The molecule has 2 heteroatoms. The molecule has 0 fully saturated rings. The van der Waals surface area contributed by atoms with Gasteiger partial charge in [0.1, 0.15) is 23.0 Å². The molecule has 0 aliphatic rings. The number of hydrogen-bond acceptors (Lipinski definition) is 2. The van der Waals surface area contributed by atoms with Gasteiger partial charge in [-0.25, -0.2) is 0 Å². The van der Waals surface area contributed by atoms with Crippen LogP contribution in [0, 0.1) is 13.8 Å². The fourth-order valence-electron chi connectivity index (χ4n) is 3.05. The van der Waals surface area contributed by atoms with E-state index in [1.807, 2.05) is 92.7 Å². The largest absolute Gasteiger partial charge is 0.456 e. The molecular weight excluding hydrogens is 344 g/mol. The first-order valence-corrected chi connectivity index (χ1v) is 9.52. The van der Waals surface area contributed by atoms with Crippen LogP contribution in [0.25, 0.3) is 12.2 Å². The number of rotatable bonds is 6. The van der Waals surface area contributed by atoms with Crippen molar-refractivity contribution in [3.63, 3.8) is 0 Å². The van der Waals surface area contributed by atoms with Crippen LogP contribution in [0.15, 0.2) is 72.8 Å². The zero-order valence-electron chi connectivity index (χ0n) is 16.9. The molecule has 0 unspecified atom stereocenters. The second-order valence-corrected chi connectivity index (χ2v) is 6.66. The zero-order valence-corrected chi connectivity index (χ0v) is 16.9. The summed E-state index contributed by atoms with van der Waals surface area (Å²) in [4.78, 5) is 0. The minimum Gasteiger partial charge on any atom is -0.456 e. The lowest BCUT2D eigenvalue weighted by atomic mass is 10.1. The number of allylic oxidation sites excluding steroid dienone is 2. The van der Waals surface area contributed by atoms with E-state index in [-0.39, 0.29) is 0 Å². The summed E-state index contributed by atoms with van der Waals surface area (Å²) in [6.07, 6.45) is 8.11. The molecule has 0 saturated heterocycles. The maximum Gasteiger partial charge on any atom is 0.134 e. The fourth-order valence-corrected chi connectivity index (χ4v) is 3.05. The smallest absolute Gasteiger partial charge is 0.134 e. The molecule has 142 valence electrons. The van der Waals surface area contributed by atoms with E-state index in [4.69, 9.17) is 9.47 Å². The quantitative estimate of drug-likeness (QED) is 0.438. The van der Waals surface area contributed by atoms with Crippen molar-refractivity contribution in [2.75, 3.05) is 0 Å². The average Bonchev–Trinajstić information content (AvgIpc) is 2.69. The maximum atomic E-state index is 6.26. The van der Waals surface area contributed by atoms with Crippen molar-refractivity contribution in [2.45, 2.75) is 27.7 Å². The summed E-state index contributed by atoms with van der Waals surface area (Å²) in [5.74, 6) is 3.24. The van der Waals surface area contributed by atoms with Crippen LogP contribution in [-0.4, -0.2) is 0 Å². The van der Waals surface area contributed by atoms with E-state index >= 15 is 0 Å². The number of para-hydroxylation sites is 2. The van der Waals surface area contributed by atoms with Crippen molar-refractivity contribution >= 4 is 12.2 Å². The van der Waals surface area contributed by atoms with E-state index in [2.05, 4.69) is 19.9 Å². The lowest BCUT2D eigenvalue weighted by molar-refractivity contribution is 0.454. The minimum atomic E-state index is 0.793. The van der Waals surface area contributed by atoms with E-state index < -0.39 is 0 Å². The molecule has 0 aromatic heterocycles. The van der Waals surface area contributed by atoms with Gasteiger partial charge in [0.25, 0.3) is 0 Å². The van der Waals surface area contributed by atoms with Crippen LogP contribution in [0.4, 0.5) is 0 Å². The number of hydrogen-bond donors (Lipinski definition) is 0. The van der Waals surface area contributed by atoms with Crippen molar-refractivity contribution in [3.8, 4) is 23.0 Å². The summed E-state index contributed by atoms with van der Waals surface area (Å²) in [5.41, 5.74) is 4.24. The molecule has 0 N–H and O–H groups in total. The molecule has 3 aromatic carbocycles. The number of ether oxygens (including phenoxy) is 2. The van der Waals surface area contributed by atoms with E-state index in [1.54, 1.807) is 0 Å². The van der Waals surface area contributed by atoms with Gasteiger partial charge in [-0.15, -0.1) is 0 Å². The number of benzene rings is 3. The highest BCUT2D eigenvalue weighted by molar-refractivity contribution is 5.60. The van der Waals surface area contributed by atoms with Crippen molar-refractivity contribution < 1.29 is 9.47 Å². The van der Waals surface area contributed by atoms with Crippen LogP contribution in [0.1, 0.15) is 36.1 Å². The fraction of sp³-hybridized carbons (Fsp3) is 0.154. The SMILES string of the molecule is CC=Cc1ccccc1Oc1cc(Oc2ccccc2C=CC)c(C)cc1C. The third kappa shape index (κ3) is 4.52. The van der Waals surface area contributed by atoms with Crippen LogP contribution in [-0.2, 0) is 0 Å². The van der Waals surface area contributed by atoms with Crippen LogP contribution < -0.4 is 9.47 Å². The lowest BCUT2D eigenvalue weighted by Gasteiger charge is -2.16. The molecule has 0 spiro atoms. The third-order valence-electron chi connectivity index (χ3n) is 4.44. The standard InChI is InChI=1S/C26H26O2/c1-5-11-21-13-7-9-15-23(21)27-25-18-26(20(4)17-19(25)3)28-24-16-10-8-14-22(24)12-6-2/h5-18H,1-4H3. The highest BCUT2D eigenvalue weighted by Gasteiger charge is 2.11. The molecule has 0 aliphatic heterocycles. The van der Waals surface area contributed by atoms with Crippen LogP contribution in [0.5, 0.6) is 23.0 Å². The Kier molecular flexibility index (Phi) is 6.33. The second-order valence-electron chi connectivity index (χ2n) is 6.66. The predicted octanol–water partition coefficient (Wildman–Crippen LogP) is 7.95. The Hall–Kier alpha value is -3.26. The first kappa shape index (κ1) is 19.5. The number of aryl methyl sites for hydroxylation is 2.